The lowest BCUT2D eigenvalue weighted by molar-refractivity contribution is 0.0951. The van der Waals surface area contributed by atoms with Crippen LogP contribution in [-0.4, -0.2) is 17.6 Å². The van der Waals surface area contributed by atoms with Gasteiger partial charge in [0.1, 0.15) is 5.75 Å². The van der Waals surface area contributed by atoms with E-state index in [4.69, 9.17) is 5.73 Å². The van der Waals surface area contributed by atoms with Crippen LogP contribution in [0.2, 0.25) is 0 Å². The minimum Gasteiger partial charge on any atom is -0.507 e. The number of amides is 1. The third-order valence-electron chi connectivity index (χ3n) is 2.62. The molecule has 2 rings (SSSR count). The Morgan fingerprint density at radius 2 is 2.24 bits per heavy atom. The predicted octanol–water partition coefficient (Wildman–Crippen LogP) is 2.46. The fourth-order valence-electron chi connectivity index (χ4n) is 1.62. The highest BCUT2D eigenvalue weighted by Gasteiger charge is 2.08. The standard InChI is InChI=1S/C15H13BrN2O2S/c16-13-4-3-11(7-14(13)19)15(20)18-8-12-6-10(9-21-12)2-1-5-17/h3-4,6-7,9,19H,5,8,17H2,(H,18,20). The van der Waals surface area contributed by atoms with Crippen molar-refractivity contribution < 1.29 is 9.90 Å². The predicted molar refractivity (Wildman–Crippen MR) is 87.2 cm³/mol. The highest BCUT2D eigenvalue weighted by molar-refractivity contribution is 9.10. The van der Waals surface area contributed by atoms with Gasteiger partial charge in [0.15, 0.2) is 0 Å². The van der Waals surface area contributed by atoms with Crippen molar-refractivity contribution in [1.82, 2.24) is 5.32 Å². The van der Waals surface area contributed by atoms with Crippen LogP contribution in [0.3, 0.4) is 0 Å². The Labute approximate surface area is 135 Å². The van der Waals surface area contributed by atoms with Gasteiger partial charge < -0.3 is 16.2 Å². The van der Waals surface area contributed by atoms with E-state index in [0.717, 1.165) is 10.4 Å². The van der Waals surface area contributed by atoms with Gasteiger partial charge in [-0.1, -0.05) is 11.8 Å². The topological polar surface area (TPSA) is 75.3 Å². The molecule has 108 valence electrons. The normalized spacial score (nSPS) is 9.81. The second-order valence-electron chi connectivity index (χ2n) is 4.16. The molecule has 1 heterocycles. The van der Waals surface area contributed by atoms with E-state index in [1.165, 1.54) is 17.4 Å². The van der Waals surface area contributed by atoms with Gasteiger partial charge in [-0.05, 0) is 40.2 Å². The van der Waals surface area contributed by atoms with E-state index in [0.29, 0.717) is 23.1 Å². The second kappa shape index (κ2) is 7.27. The van der Waals surface area contributed by atoms with Crippen LogP contribution in [-0.2, 0) is 6.54 Å². The molecule has 1 aromatic carbocycles. The van der Waals surface area contributed by atoms with Crippen LogP contribution in [0.4, 0.5) is 0 Å². The summed E-state index contributed by atoms with van der Waals surface area (Å²) < 4.78 is 0.556. The number of hydrogen-bond acceptors (Lipinski definition) is 4. The van der Waals surface area contributed by atoms with Gasteiger partial charge in [0.2, 0.25) is 0 Å². The summed E-state index contributed by atoms with van der Waals surface area (Å²) in [6, 6.07) is 6.63. The zero-order valence-corrected chi connectivity index (χ0v) is 13.4. The molecule has 21 heavy (non-hydrogen) atoms. The van der Waals surface area contributed by atoms with E-state index < -0.39 is 0 Å². The third-order valence-corrected chi connectivity index (χ3v) is 4.23. The Balaban J connectivity index is 1.97. The summed E-state index contributed by atoms with van der Waals surface area (Å²) in [5.41, 5.74) is 6.63. The SMILES string of the molecule is NCC#Cc1csc(CNC(=O)c2ccc(Br)c(O)c2)c1. The minimum absolute atomic E-state index is 0.0399. The van der Waals surface area contributed by atoms with Crippen molar-refractivity contribution in [3.05, 3.63) is 50.1 Å². The first-order valence-electron chi connectivity index (χ1n) is 6.13. The molecule has 0 aliphatic rings. The van der Waals surface area contributed by atoms with Crippen molar-refractivity contribution in [3.8, 4) is 17.6 Å². The molecule has 0 aliphatic heterocycles. The van der Waals surface area contributed by atoms with E-state index >= 15 is 0 Å². The number of phenolic OH excluding ortho intramolecular Hbond substituents is 1. The van der Waals surface area contributed by atoms with Crippen LogP contribution in [0.1, 0.15) is 20.8 Å². The Morgan fingerprint density at radius 3 is 2.95 bits per heavy atom. The average molecular weight is 365 g/mol. The van der Waals surface area contributed by atoms with Crippen molar-refractivity contribution in [2.75, 3.05) is 6.54 Å². The van der Waals surface area contributed by atoms with Gasteiger partial charge in [0, 0.05) is 21.4 Å². The first-order valence-corrected chi connectivity index (χ1v) is 7.80. The van der Waals surface area contributed by atoms with Gasteiger partial charge in [-0.25, -0.2) is 0 Å². The Bertz CT molecular complexity index is 716. The van der Waals surface area contributed by atoms with Crippen LogP contribution < -0.4 is 11.1 Å². The average Bonchev–Trinajstić information content (AvgIpc) is 2.93. The molecule has 0 atom stereocenters. The largest absolute Gasteiger partial charge is 0.507 e. The maximum absolute atomic E-state index is 12.0. The third kappa shape index (κ3) is 4.33. The fourth-order valence-corrected chi connectivity index (χ4v) is 2.62. The first-order chi connectivity index (χ1) is 10.1. The number of nitrogens with one attached hydrogen (secondary N) is 1. The lowest BCUT2D eigenvalue weighted by atomic mass is 10.2. The molecule has 0 saturated carbocycles. The van der Waals surface area contributed by atoms with Crippen molar-refractivity contribution in [1.29, 1.82) is 0 Å². The van der Waals surface area contributed by atoms with Crippen LogP contribution in [0.5, 0.6) is 5.75 Å². The highest BCUT2D eigenvalue weighted by Crippen LogP contribution is 2.24. The Hall–Kier alpha value is -1.81. The molecule has 0 aliphatic carbocycles. The number of rotatable bonds is 3. The van der Waals surface area contributed by atoms with Crippen molar-refractivity contribution in [2.45, 2.75) is 6.54 Å². The van der Waals surface area contributed by atoms with Crippen LogP contribution in [0.25, 0.3) is 0 Å². The molecule has 0 unspecified atom stereocenters. The van der Waals surface area contributed by atoms with Gasteiger partial charge in [-0.3, -0.25) is 4.79 Å². The summed E-state index contributed by atoms with van der Waals surface area (Å²) in [4.78, 5) is 13.0. The number of aromatic hydroxyl groups is 1. The van der Waals surface area contributed by atoms with Crippen molar-refractivity contribution in [2.24, 2.45) is 5.73 Å². The molecule has 0 fully saturated rings. The molecule has 0 radical (unpaired) electrons. The molecule has 2 aromatic rings. The Kier molecular flexibility index (Phi) is 5.39. The van der Waals surface area contributed by atoms with Gasteiger partial charge in [-0.15, -0.1) is 11.3 Å². The molecule has 1 aromatic heterocycles. The van der Waals surface area contributed by atoms with Gasteiger partial charge in [0.05, 0.1) is 17.6 Å². The number of phenols is 1. The summed E-state index contributed by atoms with van der Waals surface area (Å²) in [6.45, 7) is 0.750. The number of thiophene rings is 1. The molecule has 1 amide bonds. The molecule has 0 spiro atoms. The monoisotopic (exact) mass is 364 g/mol. The molecule has 4 nitrogen and oxygen atoms in total. The maximum atomic E-state index is 12.0. The molecular formula is C15H13BrN2O2S. The molecule has 0 saturated heterocycles. The van der Waals surface area contributed by atoms with Crippen molar-refractivity contribution in [3.63, 3.8) is 0 Å². The maximum Gasteiger partial charge on any atom is 0.251 e. The number of nitrogens with two attached hydrogens (primary N) is 1. The summed E-state index contributed by atoms with van der Waals surface area (Å²) in [5, 5.41) is 14.3. The smallest absolute Gasteiger partial charge is 0.251 e. The van der Waals surface area contributed by atoms with E-state index in [9.17, 15) is 9.90 Å². The van der Waals surface area contributed by atoms with Crippen molar-refractivity contribution >= 4 is 33.2 Å². The summed E-state index contributed by atoms with van der Waals surface area (Å²) in [6.07, 6.45) is 0. The fraction of sp³-hybridized carbons (Fsp3) is 0.133. The van der Waals surface area contributed by atoms with Gasteiger partial charge >= 0.3 is 0 Å². The lowest BCUT2D eigenvalue weighted by Gasteiger charge is -2.05. The number of halogens is 1. The second-order valence-corrected chi connectivity index (χ2v) is 6.01. The number of carbonyl (C=O) groups is 1. The summed E-state index contributed by atoms with van der Waals surface area (Å²) >= 11 is 4.70. The number of hydrogen-bond donors (Lipinski definition) is 3. The number of benzene rings is 1. The van der Waals surface area contributed by atoms with Crippen LogP contribution in [0, 0.1) is 11.8 Å². The van der Waals surface area contributed by atoms with E-state index in [1.54, 1.807) is 12.1 Å². The number of carbonyl (C=O) groups excluding carboxylic acids is 1. The quantitative estimate of drug-likeness (QED) is 0.732. The molecule has 4 N–H and O–H groups in total. The lowest BCUT2D eigenvalue weighted by Crippen LogP contribution is -2.22. The molecular weight excluding hydrogens is 352 g/mol. The van der Waals surface area contributed by atoms with Gasteiger partial charge in [0.25, 0.3) is 5.91 Å². The summed E-state index contributed by atoms with van der Waals surface area (Å²) in [7, 11) is 0. The highest BCUT2D eigenvalue weighted by atomic mass is 79.9. The summed E-state index contributed by atoms with van der Waals surface area (Å²) in [5.74, 6) is 5.53. The minimum atomic E-state index is -0.235. The Morgan fingerprint density at radius 1 is 1.43 bits per heavy atom. The van der Waals surface area contributed by atoms with E-state index in [-0.39, 0.29) is 11.7 Å². The van der Waals surface area contributed by atoms with Crippen LogP contribution >= 0.6 is 27.3 Å². The zero-order chi connectivity index (χ0) is 15.2. The first kappa shape index (κ1) is 15.6. The van der Waals surface area contributed by atoms with Gasteiger partial charge in [-0.2, -0.15) is 0 Å². The van der Waals surface area contributed by atoms with E-state index in [2.05, 4.69) is 33.1 Å². The molecule has 6 heteroatoms. The zero-order valence-electron chi connectivity index (χ0n) is 11.0. The molecule has 0 bridgehead atoms. The van der Waals surface area contributed by atoms with E-state index in [1.807, 2.05) is 11.4 Å². The van der Waals surface area contributed by atoms with Crippen LogP contribution in [0.15, 0.2) is 34.1 Å².